The zero-order valence-electron chi connectivity index (χ0n) is 10.4. The van der Waals surface area contributed by atoms with E-state index in [0.717, 1.165) is 6.42 Å². The number of aliphatic carboxylic acids is 2. The maximum atomic E-state index is 11.8. The zero-order chi connectivity index (χ0) is 14.4. The number of rotatable bonds is 6. The van der Waals surface area contributed by atoms with E-state index in [1.54, 1.807) is 0 Å². The van der Waals surface area contributed by atoms with Crippen LogP contribution < -0.4 is 5.32 Å². The molecule has 0 aliphatic carbocycles. The molecule has 1 aliphatic rings. The second kappa shape index (κ2) is 6.93. The highest BCUT2D eigenvalue weighted by atomic mass is 16.4. The Morgan fingerprint density at radius 1 is 1.32 bits per heavy atom. The standard InChI is InChI=1S/C11H18N2O6/c14-4-2-7-1-3-13(6-7)11(19)12-8(10(17)18)5-9(15)16/h7-8,14H,1-6H2,(H,12,19)(H,15,16)(H,17,18)/t7?,8-/m0/s1. The Labute approximate surface area is 110 Å². The van der Waals surface area contributed by atoms with Gasteiger partial charge in [-0.15, -0.1) is 0 Å². The van der Waals surface area contributed by atoms with Crippen molar-refractivity contribution < 1.29 is 29.7 Å². The fourth-order valence-corrected chi connectivity index (χ4v) is 2.05. The number of carbonyl (C=O) groups excluding carboxylic acids is 1. The summed E-state index contributed by atoms with van der Waals surface area (Å²) in [6.45, 7) is 0.985. The minimum absolute atomic E-state index is 0.0525. The number of carboxylic acids is 2. The lowest BCUT2D eigenvalue weighted by molar-refractivity contribution is -0.145. The Bertz CT molecular complexity index is 359. The summed E-state index contributed by atoms with van der Waals surface area (Å²) in [5.74, 6) is -2.45. The van der Waals surface area contributed by atoms with Gasteiger partial charge in [0.25, 0.3) is 0 Å². The highest BCUT2D eigenvalue weighted by molar-refractivity contribution is 5.86. The van der Waals surface area contributed by atoms with Crippen molar-refractivity contribution in [3.63, 3.8) is 0 Å². The number of aliphatic hydroxyl groups excluding tert-OH is 1. The van der Waals surface area contributed by atoms with Gasteiger partial charge >= 0.3 is 18.0 Å². The third-order valence-corrected chi connectivity index (χ3v) is 3.08. The first-order valence-corrected chi connectivity index (χ1v) is 6.05. The molecule has 1 heterocycles. The second-order valence-electron chi connectivity index (χ2n) is 4.55. The summed E-state index contributed by atoms with van der Waals surface area (Å²) in [6, 6.07) is -2.00. The average molecular weight is 274 g/mol. The van der Waals surface area contributed by atoms with Gasteiger partial charge in [-0.25, -0.2) is 9.59 Å². The maximum Gasteiger partial charge on any atom is 0.326 e. The van der Waals surface area contributed by atoms with Gasteiger partial charge in [0, 0.05) is 19.7 Å². The Morgan fingerprint density at radius 3 is 2.53 bits per heavy atom. The number of hydrogen-bond donors (Lipinski definition) is 4. The number of nitrogens with one attached hydrogen (secondary N) is 1. The summed E-state index contributed by atoms with van der Waals surface area (Å²) >= 11 is 0. The van der Waals surface area contributed by atoms with Crippen LogP contribution in [0.1, 0.15) is 19.3 Å². The molecule has 2 atom stereocenters. The van der Waals surface area contributed by atoms with Gasteiger partial charge in [0.05, 0.1) is 6.42 Å². The number of nitrogens with zero attached hydrogens (tertiary/aromatic N) is 1. The van der Waals surface area contributed by atoms with E-state index < -0.39 is 30.4 Å². The molecule has 1 rings (SSSR count). The molecular formula is C11H18N2O6. The van der Waals surface area contributed by atoms with Crippen LogP contribution in [0.2, 0.25) is 0 Å². The Kier molecular flexibility index (Phi) is 5.56. The predicted molar refractivity (Wildman–Crippen MR) is 63.6 cm³/mol. The molecule has 0 radical (unpaired) electrons. The summed E-state index contributed by atoms with van der Waals surface area (Å²) in [5, 5.41) is 28.4. The van der Waals surface area contributed by atoms with Crippen LogP contribution in [0.3, 0.4) is 0 Å². The van der Waals surface area contributed by atoms with Crippen molar-refractivity contribution in [3.8, 4) is 0 Å². The lowest BCUT2D eigenvalue weighted by Crippen LogP contribution is -2.48. The number of aliphatic hydroxyl groups is 1. The van der Waals surface area contributed by atoms with Gasteiger partial charge in [-0.1, -0.05) is 0 Å². The van der Waals surface area contributed by atoms with Crippen molar-refractivity contribution in [1.29, 1.82) is 0 Å². The maximum absolute atomic E-state index is 11.8. The molecule has 1 saturated heterocycles. The lowest BCUT2D eigenvalue weighted by Gasteiger charge is -2.20. The molecule has 0 aromatic rings. The first-order valence-electron chi connectivity index (χ1n) is 6.05. The molecule has 0 aromatic carbocycles. The van der Waals surface area contributed by atoms with Gasteiger partial charge in [-0.3, -0.25) is 4.79 Å². The number of carbonyl (C=O) groups is 3. The van der Waals surface area contributed by atoms with E-state index in [9.17, 15) is 14.4 Å². The van der Waals surface area contributed by atoms with E-state index in [4.69, 9.17) is 15.3 Å². The molecular weight excluding hydrogens is 256 g/mol. The van der Waals surface area contributed by atoms with Crippen molar-refractivity contribution in [1.82, 2.24) is 10.2 Å². The van der Waals surface area contributed by atoms with Crippen LogP contribution >= 0.6 is 0 Å². The molecule has 0 spiro atoms. The highest BCUT2D eigenvalue weighted by Crippen LogP contribution is 2.19. The molecule has 8 heteroatoms. The zero-order valence-corrected chi connectivity index (χ0v) is 10.4. The van der Waals surface area contributed by atoms with Crippen LogP contribution in [0.5, 0.6) is 0 Å². The molecule has 108 valence electrons. The van der Waals surface area contributed by atoms with Crippen molar-refractivity contribution in [2.24, 2.45) is 5.92 Å². The molecule has 1 fully saturated rings. The van der Waals surface area contributed by atoms with Crippen LogP contribution in [0.25, 0.3) is 0 Å². The first-order chi connectivity index (χ1) is 8.93. The summed E-state index contributed by atoms with van der Waals surface area (Å²) in [7, 11) is 0. The van der Waals surface area contributed by atoms with E-state index in [1.165, 1.54) is 4.90 Å². The van der Waals surface area contributed by atoms with Gasteiger partial charge in [-0.05, 0) is 18.8 Å². The highest BCUT2D eigenvalue weighted by Gasteiger charge is 2.29. The summed E-state index contributed by atoms with van der Waals surface area (Å²) in [4.78, 5) is 34.6. The number of amides is 2. The quantitative estimate of drug-likeness (QED) is 0.508. The van der Waals surface area contributed by atoms with Crippen LogP contribution in [-0.4, -0.2) is 63.9 Å². The molecule has 0 aromatic heterocycles. The smallest absolute Gasteiger partial charge is 0.326 e. The average Bonchev–Trinajstić information content (AvgIpc) is 2.76. The molecule has 2 amide bonds. The largest absolute Gasteiger partial charge is 0.481 e. The van der Waals surface area contributed by atoms with Crippen molar-refractivity contribution in [2.75, 3.05) is 19.7 Å². The van der Waals surface area contributed by atoms with Gasteiger partial charge in [-0.2, -0.15) is 0 Å². The van der Waals surface area contributed by atoms with Crippen molar-refractivity contribution in [2.45, 2.75) is 25.3 Å². The number of carboxylic acid groups (broad SMARTS) is 2. The third kappa shape index (κ3) is 4.74. The van der Waals surface area contributed by atoms with Gasteiger partial charge in [0.1, 0.15) is 6.04 Å². The van der Waals surface area contributed by atoms with Gasteiger partial charge in [0.2, 0.25) is 0 Å². The number of likely N-dealkylation sites (tertiary alicyclic amines) is 1. The van der Waals surface area contributed by atoms with Crippen LogP contribution in [-0.2, 0) is 9.59 Å². The lowest BCUT2D eigenvalue weighted by atomic mass is 10.1. The fourth-order valence-electron chi connectivity index (χ4n) is 2.05. The van der Waals surface area contributed by atoms with E-state index in [2.05, 4.69) is 5.32 Å². The minimum Gasteiger partial charge on any atom is -0.481 e. The molecule has 8 nitrogen and oxygen atoms in total. The Morgan fingerprint density at radius 2 is 2.00 bits per heavy atom. The summed E-state index contributed by atoms with van der Waals surface area (Å²) in [6.07, 6.45) is 0.695. The summed E-state index contributed by atoms with van der Waals surface area (Å²) in [5.41, 5.74) is 0. The van der Waals surface area contributed by atoms with Gasteiger partial charge < -0.3 is 25.5 Å². The first kappa shape index (κ1) is 15.2. The van der Waals surface area contributed by atoms with E-state index in [-0.39, 0.29) is 12.5 Å². The molecule has 0 saturated carbocycles. The number of hydrogen-bond acceptors (Lipinski definition) is 4. The Hall–Kier alpha value is -1.83. The SMILES string of the molecule is O=C(O)C[C@H](NC(=O)N1CCC(CCO)C1)C(=O)O. The Balaban J connectivity index is 2.49. The predicted octanol–water partition coefficient (Wildman–Crippen LogP) is -0.672. The minimum atomic E-state index is -1.43. The second-order valence-corrected chi connectivity index (χ2v) is 4.55. The topological polar surface area (TPSA) is 127 Å². The van der Waals surface area contributed by atoms with Crippen molar-refractivity contribution >= 4 is 18.0 Å². The van der Waals surface area contributed by atoms with E-state index >= 15 is 0 Å². The number of urea groups is 1. The molecule has 19 heavy (non-hydrogen) atoms. The molecule has 0 bridgehead atoms. The normalized spacial score (nSPS) is 20.1. The van der Waals surface area contributed by atoms with E-state index in [1.807, 2.05) is 0 Å². The molecule has 1 aliphatic heterocycles. The third-order valence-electron chi connectivity index (χ3n) is 3.08. The fraction of sp³-hybridized carbons (Fsp3) is 0.727. The molecule has 4 N–H and O–H groups in total. The van der Waals surface area contributed by atoms with E-state index in [0.29, 0.717) is 19.5 Å². The monoisotopic (exact) mass is 274 g/mol. The van der Waals surface area contributed by atoms with Gasteiger partial charge in [0.15, 0.2) is 0 Å². The summed E-state index contributed by atoms with van der Waals surface area (Å²) < 4.78 is 0. The van der Waals surface area contributed by atoms with Crippen LogP contribution in [0, 0.1) is 5.92 Å². The van der Waals surface area contributed by atoms with Crippen LogP contribution in [0.4, 0.5) is 4.79 Å². The molecule has 1 unspecified atom stereocenters. The van der Waals surface area contributed by atoms with Crippen molar-refractivity contribution in [3.05, 3.63) is 0 Å². The van der Waals surface area contributed by atoms with Crippen LogP contribution in [0.15, 0.2) is 0 Å².